The number of hydrogen-bond donors (Lipinski definition) is 2. The summed E-state index contributed by atoms with van der Waals surface area (Å²) >= 11 is 0. The van der Waals surface area contributed by atoms with Gasteiger partial charge in [0, 0.05) is 12.7 Å². The molecular formula is C19H22N4O2. The molecule has 0 unspecified atom stereocenters. The molecule has 2 aromatic heterocycles. The van der Waals surface area contributed by atoms with E-state index in [0.29, 0.717) is 23.7 Å². The minimum Gasteiger partial charge on any atom is -0.391 e. The van der Waals surface area contributed by atoms with Crippen molar-refractivity contribution in [2.24, 2.45) is 5.92 Å². The van der Waals surface area contributed by atoms with Crippen LogP contribution in [0.15, 0.2) is 48.9 Å². The number of para-hydroxylation sites is 2. The molecular weight excluding hydrogens is 316 g/mol. The SMILES string of the molecule is CC(C)C[C@H](O)CNC(=O)c1ccc(-n2cnc3ccccc32)nc1. The predicted octanol–water partition coefficient (Wildman–Crippen LogP) is 2.56. The van der Waals surface area contributed by atoms with Gasteiger partial charge < -0.3 is 10.4 Å². The first-order chi connectivity index (χ1) is 12.0. The van der Waals surface area contributed by atoms with Gasteiger partial charge in [-0.1, -0.05) is 26.0 Å². The molecule has 6 heteroatoms. The maximum atomic E-state index is 12.2. The van der Waals surface area contributed by atoms with Crippen molar-refractivity contribution in [1.29, 1.82) is 0 Å². The fourth-order valence-corrected chi connectivity index (χ4v) is 2.74. The number of benzene rings is 1. The van der Waals surface area contributed by atoms with Gasteiger partial charge in [-0.05, 0) is 36.6 Å². The van der Waals surface area contributed by atoms with Crippen LogP contribution in [0.4, 0.5) is 0 Å². The number of fused-ring (bicyclic) bond motifs is 1. The summed E-state index contributed by atoms with van der Waals surface area (Å²) < 4.78 is 1.88. The third kappa shape index (κ3) is 4.03. The van der Waals surface area contributed by atoms with E-state index >= 15 is 0 Å². The number of aromatic nitrogens is 3. The number of nitrogens with one attached hydrogen (secondary N) is 1. The zero-order valence-corrected chi connectivity index (χ0v) is 14.4. The molecule has 0 spiro atoms. The number of rotatable bonds is 6. The number of nitrogens with zero attached hydrogens (tertiary/aromatic N) is 3. The van der Waals surface area contributed by atoms with E-state index in [1.807, 2.05) is 42.7 Å². The number of pyridine rings is 1. The van der Waals surface area contributed by atoms with Crippen LogP contribution in [0.1, 0.15) is 30.6 Å². The van der Waals surface area contributed by atoms with Crippen molar-refractivity contribution in [3.05, 3.63) is 54.5 Å². The lowest BCUT2D eigenvalue weighted by atomic mass is 10.1. The Balaban J connectivity index is 1.69. The average molecular weight is 338 g/mol. The molecule has 130 valence electrons. The average Bonchev–Trinajstić information content (AvgIpc) is 3.03. The summed E-state index contributed by atoms with van der Waals surface area (Å²) in [6, 6.07) is 11.3. The molecule has 1 aromatic carbocycles. The molecule has 1 amide bonds. The molecule has 0 saturated heterocycles. The summed E-state index contributed by atoms with van der Waals surface area (Å²) in [5, 5.41) is 12.6. The molecule has 3 aromatic rings. The first-order valence-electron chi connectivity index (χ1n) is 8.39. The Hall–Kier alpha value is -2.73. The lowest BCUT2D eigenvalue weighted by molar-refractivity contribution is 0.0900. The second-order valence-corrected chi connectivity index (χ2v) is 6.50. The van der Waals surface area contributed by atoms with E-state index < -0.39 is 6.10 Å². The van der Waals surface area contributed by atoms with Crippen LogP contribution in [-0.4, -0.2) is 38.2 Å². The Morgan fingerprint density at radius 2 is 2.00 bits per heavy atom. The van der Waals surface area contributed by atoms with Gasteiger partial charge in [-0.15, -0.1) is 0 Å². The fourth-order valence-electron chi connectivity index (χ4n) is 2.74. The van der Waals surface area contributed by atoms with Gasteiger partial charge in [0.15, 0.2) is 0 Å². The highest BCUT2D eigenvalue weighted by Crippen LogP contribution is 2.16. The summed E-state index contributed by atoms with van der Waals surface area (Å²) in [5.41, 5.74) is 2.32. The van der Waals surface area contributed by atoms with Gasteiger partial charge in [-0.2, -0.15) is 0 Å². The van der Waals surface area contributed by atoms with Crippen LogP contribution in [-0.2, 0) is 0 Å². The van der Waals surface area contributed by atoms with Gasteiger partial charge in [-0.3, -0.25) is 9.36 Å². The van der Waals surface area contributed by atoms with Gasteiger partial charge in [0.1, 0.15) is 12.1 Å². The van der Waals surface area contributed by atoms with Crippen LogP contribution >= 0.6 is 0 Å². The van der Waals surface area contributed by atoms with Gasteiger partial charge in [0.25, 0.3) is 5.91 Å². The molecule has 0 saturated carbocycles. The number of hydrogen-bond acceptors (Lipinski definition) is 4. The topological polar surface area (TPSA) is 80.0 Å². The highest BCUT2D eigenvalue weighted by molar-refractivity contribution is 5.94. The lowest BCUT2D eigenvalue weighted by Gasteiger charge is -2.13. The van der Waals surface area contributed by atoms with E-state index in [-0.39, 0.29) is 12.5 Å². The van der Waals surface area contributed by atoms with Gasteiger partial charge in [0.2, 0.25) is 0 Å². The molecule has 0 aliphatic heterocycles. The molecule has 25 heavy (non-hydrogen) atoms. The molecule has 1 atom stereocenters. The molecule has 0 bridgehead atoms. The van der Waals surface area contributed by atoms with Crippen molar-refractivity contribution in [1.82, 2.24) is 19.9 Å². The van der Waals surface area contributed by atoms with Crippen LogP contribution in [0.2, 0.25) is 0 Å². The van der Waals surface area contributed by atoms with E-state index in [9.17, 15) is 9.90 Å². The second kappa shape index (κ2) is 7.44. The summed E-state index contributed by atoms with van der Waals surface area (Å²) in [6.45, 7) is 4.31. The first-order valence-corrected chi connectivity index (χ1v) is 8.39. The second-order valence-electron chi connectivity index (χ2n) is 6.50. The van der Waals surface area contributed by atoms with Gasteiger partial charge in [0.05, 0.1) is 22.7 Å². The Kier molecular flexibility index (Phi) is 5.09. The number of aliphatic hydroxyl groups excluding tert-OH is 1. The van der Waals surface area contributed by atoms with E-state index in [1.165, 1.54) is 6.20 Å². The monoisotopic (exact) mass is 338 g/mol. The summed E-state index contributed by atoms with van der Waals surface area (Å²) in [5.74, 6) is 0.847. The standard InChI is InChI=1S/C19H22N4O2/c1-13(2)9-15(24)11-21-19(25)14-7-8-18(20-10-14)23-12-22-16-5-3-4-6-17(16)23/h3-8,10,12-13,15,24H,9,11H2,1-2H3,(H,21,25)/t15-/m0/s1. The third-order valence-corrected chi connectivity index (χ3v) is 3.95. The Bertz CT molecular complexity index is 855. The normalized spacial score (nSPS) is 12.5. The number of imidazole rings is 1. The molecule has 0 fully saturated rings. The van der Waals surface area contributed by atoms with Crippen molar-refractivity contribution in [3.8, 4) is 5.82 Å². The molecule has 2 heterocycles. The largest absolute Gasteiger partial charge is 0.391 e. The van der Waals surface area contributed by atoms with Crippen molar-refractivity contribution >= 4 is 16.9 Å². The Labute approximate surface area is 146 Å². The predicted molar refractivity (Wildman–Crippen MR) is 96.7 cm³/mol. The van der Waals surface area contributed by atoms with Crippen LogP contribution in [0.25, 0.3) is 16.9 Å². The number of carbonyl (C=O) groups excluding carboxylic acids is 1. The number of aliphatic hydroxyl groups is 1. The van der Waals surface area contributed by atoms with E-state index in [1.54, 1.807) is 18.5 Å². The zero-order chi connectivity index (χ0) is 17.8. The number of carbonyl (C=O) groups is 1. The minimum atomic E-state index is -0.534. The summed E-state index contributed by atoms with van der Waals surface area (Å²) in [6.07, 6.45) is 3.38. The Morgan fingerprint density at radius 1 is 1.20 bits per heavy atom. The van der Waals surface area contributed by atoms with Crippen LogP contribution in [0.5, 0.6) is 0 Å². The molecule has 0 radical (unpaired) electrons. The highest BCUT2D eigenvalue weighted by atomic mass is 16.3. The maximum absolute atomic E-state index is 12.2. The maximum Gasteiger partial charge on any atom is 0.252 e. The van der Waals surface area contributed by atoms with Gasteiger partial charge in [-0.25, -0.2) is 9.97 Å². The van der Waals surface area contributed by atoms with Crippen molar-refractivity contribution in [2.75, 3.05) is 6.54 Å². The van der Waals surface area contributed by atoms with E-state index in [2.05, 4.69) is 15.3 Å². The smallest absolute Gasteiger partial charge is 0.252 e. The summed E-state index contributed by atoms with van der Waals surface area (Å²) in [4.78, 5) is 20.9. The molecule has 3 rings (SSSR count). The molecule has 0 aliphatic rings. The van der Waals surface area contributed by atoms with Crippen molar-refractivity contribution < 1.29 is 9.90 Å². The first kappa shape index (κ1) is 17.1. The Morgan fingerprint density at radius 3 is 2.72 bits per heavy atom. The van der Waals surface area contributed by atoms with E-state index in [0.717, 1.165) is 11.0 Å². The zero-order valence-electron chi connectivity index (χ0n) is 14.4. The molecule has 2 N–H and O–H groups in total. The quantitative estimate of drug-likeness (QED) is 0.724. The van der Waals surface area contributed by atoms with Crippen LogP contribution in [0, 0.1) is 5.92 Å². The highest BCUT2D eigenvalue weighted by Gasteiger charge is 2.11. The van der Waals surface area contributed by atoms with Crippen molar-refractivity contribution in [2.45, 2.75) is 26.4 Å². The molecule has 0 aliphatic carbocycles. The fraction of sp³-hybridized carbons (Fsp3) is 0.316. The molecule has 6 nitrogen and oxygen atoms in total. The lowest BCUT2D eigenvalue weighted by Crippen LogP contribution is -2.32. The van der Waals surface area contributed by atoms with E-state index in [4.69, 9.17) is 0 Å². The van der Waals surface area contributed by atoms with Crippen molar-refractivity contribution in [3.63, 3.8) is 0 Å². The number of amides is 1. The van der Waals surface area contributed by atoms with Gasteiger partial charge >= 0.3 is 0 Å². The van der Waals surface area contributed by atoms with Crippen LogP contribution < -0.4 is 5.32 Å². The summed E-state index contributed by atoms with van der Waals surface area (Å²) in [7, 11) is 0. The third-order valence-electron chi connectivity index (χ3n) is 3.95. The van der Waals surface area contributed by atoms with Crippen LogP contribution in [0.3, 0.4) is 0 Å². The minimum absolute atomic E-state index is 0.239.